The Morgan fingerprint density at radius 2 is 1.89 bits per heavy atom. The summed E-state index contributed by atoms with van der Waals surface area (Å²) in [5.41, 5.74) is 9.95. The number of hydrogen-bond acceptors (Lipinski definition) is 8. The fraction of sp³-hybridized carbons (Fsp3) is 0.615. The maximum atomic E-state index is 6.11. The van der Waals surface area contributed by atoms with Gasteiger partial charge in [-0.1, -0.05) is 19.4 Å². The molecule has 0 aromatic carbocycles. The van der Waals surface area contributed by atoms with E-state index >= 15 is 0 Å². The summed E-state index contributed by atoms with van der Waals surface area (Å²) < 4.78 is 7.43. The zero-order chi connectivity index (χ0) is 24.2. The van der Waals surface area contributed by atoms with Gasteiger partial charge in [0, 0.05) is 32.3 Å². The Morgan fingerprint density at radius 3 is 2.63 bits per heavy atom. The molecule has 9 heteroatoms. The molecule has 0 unspecified atom stereocenters. The fourth-order valence-electron chi connectivity index (χ4n) is 5.34. The minimum Gasteiger partial charge on any atom is -0.462 e. The summed E-state index contributed by atoms with van der Waals surface area (Å²) >= 11 is 0. The number of fused-ring (bicyclic) bond motifs is 1. The summed E-state index contributed by atoms with van der Waals surface area (Å²) in [6.45, 7) is 10.9. The van der Waals surface area contributed by atoms with E-state index in [0.717, 1.165) is 48.9 Å². The van der Waals surface area contributed by atoms with Crippen molar-refractivity contribution < 1.29 is 4.74 Å². The van der Waals surface area contributed by atoms with Gasteiger partial charge in [-0.15, -0.1) is 5.10 Å². The van der Waals surface area contributed by atoms with Crippen LogP contribution in [0.15, 0.2) is 18.5 Å². The van der Waals surface area contributed by atoms with Crippen molar-refractivity contribution in [3.63, 3.8) is 0 Å². The second-order valence-electron chi connectivity index (χ2n) is 10.1. The number of nitrogen functional groups attached to an aromatic ring is 1. The number of aromatic nitrogens is 5. The maximum absolute atomic E-state index is 6.11. The fourth-order valence-corrected chi connectivity index (χ4v) is 5.34. The van der Waals surface area contributed by atoms with Gasteiger partial charge in [-0.3, -0.25) is 0 Å². The van der Waals surface area contributed by atoms with E-state index in [1.165, 1.54) is 50.9 Å². The van der Waals surface area contributed by atoms with Gasteiger partial charge >= 0.3 is 6.01 Å². The summed E-state index contributed by atoms with van der Waals surface area (Å²) in [5.74, 6) is 2.27. The lowest BCUT2D eigenvalue weighted by atomic mass is 9.96. The molecule has 188 valence electrons. The van der Waals surface area contributed by atoms with Gasteiger partial charge < -0.3 is 20.3 Å². The van der Waals surface area contributed by atoms with Gasteiger partial charge in [-0.25, -0.2) is 14.5 Å². The molecule has 2 saturated heterocycles. The average Bonchev–Trinajstić information content (AvgIpc) is 3.51. The zero-order valence-electron chi connectivity index (χ0n) is 21.1. The van der Waals surface area contributed by atoms with E-state index in [1.54, 1.807) is 4.52 Å². The van der Waals surface area contributed by atoms with Crippen LogP contribution in [-0.2, 0) is 6.42 Å². The number of ether oxygens (including phenoxy) is 1. The van der Waals surface area contributed by atoms with Crippen LogP contribution in [0.1, 0.15) is 62.3 Å². The number of nitrogens with two attached hydrogens (primary N) is 1. The minimum atomic E-state index is 0.292. The predicted molar refractivity (Wildman–Crippen MR) is 138 cm³/mol. The first-order valence-corrected chi connectivity index (χ1v) is 13.2. The van der Waals surface area contributed by atoms with E-state index in [4.69, 9.17) is 15.5 Å². The van der Waals surface area contributed by atoms with Crippen molar-refractivity contribution in [1.82, 2.24) is 29.5 Å². The van der Waals surface area contributed by atoms with E-state index in [2.05, 4.69) is 44.8 Å². The first-order valence-electron chi connectivity index (χ1n) is 13.2. The van der Waals surface area contributed by atoms with Crippen molar-refractivity contribution in [3.05, 3.63) is 35.3 Å². The van der Waals surface area contributed by atoms with Gasteiger partial charge in [0.15, 0.2) is 11.5 Å². The predicted octanol–water partition coefficient (Wildman–Crippen LogP) is 3.49. The van der Waals surface area contributed by atoms with Crippen molar-refractivity contribution in [2.45, 2.75) is 58.8 Å². The van der Waals surface area contributed by atoms with Crippen LogP contribution < -0.4 is 15.4 Å². The second kappa shape index (κ2) is 10.8. The van der Waals surface area contributed by atoms with Crippen LogP contribution in [0.3, 0.4) is 0 Å². The van der Waals surface area contributed by atoms with Gasteiger partial charge in [0.25, 0.3) is 0 Å². The molecule has 3 aromatic rings. The molecule has 3 aromatic heterocycles. The van der Waals surface area contributed by atoms with E-state index in [-0.39, 0.29) is 0 Å². The number of imidazole rings is 1. The highest BCUT2D eigenvalue weighted by Crippen LogP contribution is 2.27. The molecule has 0 radical (unpaired) electrons. The zero-order valence-corrected chi connectivity index (χ0v) is 21.1. The molecule has 0 amide bonds. The molecular formula is C26H38N8O. The Bertz CT molecular complexity index is 1130. The number of likely N-dealkylation sites (tertiary alicyclic amines) is 1. The molecule has 0 aliphatic carbocycles. The van der Waals surface area contributed by atoms with Crippen molar-refractivity contribution in [2.75, 3.05) is 50.0 Å². The number of hydrogen-bond donors (Lipinski definition) is 1. The second-order valence-corrected chi connectivity index (χ2v) is 10.1. The highest BCUT2D eigenvalue weighted by Gasteiger charge is 2.24. The van der Waals surface area contributed by atoms with Crippen LogP contribution in [0, 0.1) is 12.8 Å². The van der Waals surface area contributed by atoms with Gasteiger partial charge in [0.05, 0.1) is 18.5 Å². The lowest BCUT2D eigenvalue weighted by molar-refractivity contribution is 0.249. The summed E-state index contributed by atoms with van der Waals surface area (Å²) in [6.07, 6.45) is 11.7. The number of piperidine rings is 1. The van der Waals surface area contributed by atoms with Crippen molar-refractivity contribution in [2.24, 2.45) is 5.92 Å². The number of rotatable bonds is 9. The molecule has 2 N–H and O–H groups in total. The summed E-state index contributed by atoms with van der Waals surface area (Å²) in [6, 6.07) is 2.53. The topological polar surface area (TPSA) is 97.7 Å². The highest BCUT2D eigenvalue weighted by atomic mass is 16.5. The van der Waals surface area contributed by atoms with E-state index in [1.807, 2.05) is 12.4 Å². The van der Waals surface area contributed by atoms with E-state index in [0.29, 0.717) is 30.5 Å². The lowest BCUT2D eigenvalue weighted by Crippen LogP contribution is -2.38. The van der Waals surface area contributed by atoms with Gasteiger partial charge in [0.2, 0.25) is 0 Å². The number of anilines is 2. The standard InChI is InChI=1S/C26H38N8O/c1-3-4-13-35-26-30-23(27)25-29-17-22(34(25)31-26)15-21-14-19(2)24(28-16-21)33-11-7-20(8-12-33)18-32-9-5-6-10-32/h14,16-17,20H,3-13,15,18H2,1-2H3,(H2,27,30,31). The third-order valence-electron chi connectivity index (χ3n) is 7.29. The monoisotopic (exact) mass is 478 g/mol. The first-order chi connectivity index (χ1) is 17.1. The third kappa shape index (κ3) is 5.50. The Kier molecular flexibility index (Phi) is 7.32. The third-order valence-corrected chi connectivity index (χ3v) is 7.29. The molecule has 5 heterocycles. The Labute approximate surface area is 207 Å². The summed E-state index contributed by atoms with van der Waals surface area (Å²) in [4.78, 5) is 18.7. The largest absolute Gasteiger partial charge is 0.462 e. The van der Waals surface area contributed by atoms with E-state index < -0.39 is 0 Å². The smallest absolute Gasteiger partial charge is 0.336 e. The summed E-state index contributed by atoms with van der Waals surface area (Å²) in [5, 5.41) is 4.53. The molecule has 9 nitrogen and oxygen atoms in total. The van der Waals surface area contributed by atoms with Crippen LogP contribution in [0.5, 0.6) is 6.01 Å². The molecule has 0 spiro atoms. The number of pyridine rings is 1. The molecule has 0 bridgehead atoms. The Balaban J connectivity index is 1.24. The van der Waals surface area contributed by atoms with Crippen molar-refractivity contribution in [1.29, 1.82) is 0 Å². The van der Waals surface area contributed by atoms with Gasteiger partial charge in [-0.2, -0.15) is 4.98 Å². The van der Waals surface area contributed by atoms with Crippen LogP contribution in [0.2, 0.25) is 0 Å². The van der Waals surface area contributed by atoms with Crippen molar-refractivity contribution in [3.8, 4) is 6.01 Å². The molecule has 0 saturated carbocycles. The van der Waals surface area contributed by atoms with Crippen LogP contribution in [0.25, 0.3) is 5.65 Å². The average molecular weight is 479 g/mol. The molecule has 0 atom stereocenters. The van der Waals surface area contributed by atoms with Crippen LogP contribution in [-0.4, -0.2) is 68.8 Å². The molecule has 35 heavy (non-hydrogen) atoms. The normalized spacial score (nSPS) is 17.5. The maximum Gasteiger partial charge on any atom is 0.336 e. The number of nitrogens with zero attached hydrogens (tertiary/aromatic N) is 7. The number of aryl methyl sites for hydroxylation is 1. The Hall–Kier alpha value is -2.94. The number of unbranched alkanes of at least 4 members (excludes halogenated alkanes) is 1. The van der Waals surface area contributed by atoms with Crippen molar-refractivity contribution >= 4 is 17.3 Å². The molecule has 5 rings (SSSR count). The molecule has 2 fully saturated rings. The lowest BCUT2D eigenvalue weighted by Gasteiger charge is -2.35. The van der Waals surface area contributed by atoms with Crippen LogP contribution >= 0.6 is 0 Å². The van der Waals surface area contributed by atoms with E-state index in [9.17, 15) is 0 Å². The first kappa shape index (κ1) is 23.8. The molecule has 2 aliphatic heterocycles. The molecule has 2 aliphatic rings. The Morgan fingerprint density at radius 1 is 1.09 bits per heavy atom. The van der Waals surface area contributed by atoms with Gasteiger partial charge in [-0.05, 0) is 69.2 Å². The summed E-state index contributed by atoms with van der Waals surface area (Å²) in [7, 11) is 0. The highest BCUT2D eigenvalue weighted by molar-refractivity contribution is 5.60. The SMILES string of the molecule is CCCCOc1nc(N)c2ncc(Cc3cnc(N4CCC(CN5CCCC5)CC4)c(C)c3)n2n1. The molecular weight excluding hydrogens is 440 g/mol. The van der Waals surface area contributed by atoms with Crippen LogP contribution in [0.4, 0.5) is 11.6 Å². The quantitative estimate of drug-likeness (QED) is 0.467. The van der Waals surface area contributed by atoms with Gasteiger partial charge in [0.1, 0.15) is 5.82 Å². The minimum absolute atomic E-state index is 0.292.